The highest BCUT2D eigenvalue weighted by atomic mass is 16.6. The molecule has 1 aromatic carbocycles. The molecule has 2 aliphatic rings. The second-order valence-corrected chi connectivity index (χ2v) is 6.66. The number of furan rings is 1. The van der Waals surface area contributed by atoms with Gasteiger partial charge in [0, 0.05) is 26.2 Å². The van der Waals surface area contributed by atoms with Gasteiger partial charge in [-0.3, -0.25) is 9.59 Å². The van der Waals surface area contributed by atoms with Gasteiger partial charge in [-0.1, -0.05) is 6.07 Å². The van der Waals surface area contributed by atoms with Crippen molar-refractivity contribution < 1.29 is 23.5 Å². The van der Waals surface area contributed by atoms with E-state index in [0.29, 0.717) is 57.3 Å². The quantitative estimate of drug-likeness (QED) is 0.826. The van der Waals surface area contributed by atoms with Crippen molar-refractivity contribution in [3.63, 3.8) is 0 Å². The highest BCUT2D eigenvalue weighted by Crippen LogP contribution is 2.31. The van der Waals surface area contributed by atoms with E-state index in [1.807, 2.05) is 23.1 Å². The van der Waals surface area contributed by atoms with Crippen molar-refractivity contribution >= 4 is 11.8 Å². The number of hydrogen-bond acceptors (Lipinski definition) is 5. The lowest BCUT2D eigenvalue weighted by atomic mass is 10.1. The minimum atomic E-state index is -0.124. The molecular formula is C20H22N2O5. The van der Waals surface area contributed by atoms with Crippen LogP contribution in [0.1, 0.15) is 22.5 Å². The number of hydrogen-bond donors (Lipinski definition) is 0. The van der Waals surface area contributed by atoms with Crippen LogP contribution in [-0.2, 0) is 11.2 Å². The van der Waals surface area contributed by atoms with Crippen molar-refractivity contribution in [2.24, 2.45) is 0 Å². The zero-order valence-corrected chi connectivity index (χ0v) is 15.1. The maximum absolute atomic E-state index is 12.7. The fraction of sp³-hybridized carbons (Fsp3) is 0.400. The van der Waals surface area contributed by atoms with Gasteiger partial charge in [-0.15, -0.1) is 0 Å². The van der Waals surface area contributed by atoms with E-state index < -0.39 is 0 Å². The Hall–Kier alpha value is -2.96. The van der Waals surface area contributed by atoms with Crippen molar-refractivity contribution in [1.29, 1.82) is 0 Å². The molecular weight excluding hydrogens is 348 g/mol. The van der Waals surface area contributed by atoms with Crippen LogP contribution in [0.2, 0.25) is 0 Å². The highest BCUT2D eigenvalue weighted by molar-refractivity contribution is 5.91. The van der Waals surface area contributed by atoms with Crippen LogP contribution >= 0.6 is 0 Å². The minimum absolute atomic E-state index is 0.0546. The SMILES string of the molecule is O=C(Cc1ccc2c(c1)OCCO2)N1CCCN(C(=O)c2ccco2)CC1. The largest absolute Gasteiger partial charge is 0.486 e. The molecule has 27 heavy (non-hydrogen) atoms. The standard InChI is InChI=1S/C20H22N2O5/c23-19(14-15-4-5-16-18(13-15)27-12-11-26-16)21-6-2-7-22(9-8-21)20(24)17-3-1-10-25-17/h1,3-5,10,13H,2,6-9,11-12,14H2. The summed E-state index contributed by atoms with van der Waals surface area (Å²) in [7, 11) is 0. The Kier molecular flexibility index (Phi) is 5.00. The fourth-order valence-electron chi connectivity index (χ4n) is 3.41. The fourth-order valence-corrected chi connectivity index (χ4v) is 3.41. The molecule has 7 nitrogen and oxygen atoms in total. The minimum Gasteiger partial charge on any atom is -0.486 e. The number of carbonyl (C=O) groups excluding carboxylic acids is 2. The number of amides is 2. The van der Waals surface area contributed by atoms with E-state index in [-0.39, 0.29) is 11.8 Å². The third-order valence-corrected chi connectivity index (χ3v) is 4.83. The maximum Gasteiger partial charge on any atom is 0.289 e. The topological polar surface area (TPSA) is 72.2 Å². The summed E-state index contributed by atoms with van der Waals surface area (Å²) < 4.78 is 16.3. The van der Waals surface area contributed by atoms with E-state index in [9.17, 15) is 9.59 Å². The molecule has 0 unspecified atom stereocenters. The molecule has 0 aliphatic carbocycles. The number of ether oxygens (including phenoxy) is 2. The molecule has 0 atom stereocenters. The molecule has 0 radical (unpaired) electrons. The van der Waals surface area contributed by atoms with Crippen molar-refractivity contribution in [2.45, 2.75) is 12.8 Å². The normalized spacial score (nSPS) is 16.7. The second kappa shape index (κ2) is 7.73. The molecule has 1 fully saturated rings. The van der Waals surface area contributed by atoms with Gasteiger partial charge >= 0.3 is 0 Å². The van der Waals surface area contributed by atoms with Gasteiger partial charge < -0.3 is 23.7 Å². The van der Waals surface area contributed by atoms with Crippen LogP contribution in [0, 0.1) is 0 Å². The van der Waals surface area contributed by atoms with E-state index in [4.69, 9.17) is 13.9 Å². The molecule has 4 rings (SSSR count). The summed E-state index contributed by atoms with van der Waals surface area (Å²) in [5.41, 5.74) is 0.900. The molecule has 0 N–H and O–H groups in total. The molecule has 1 aromatic heterocycles. The lowest BCUT2D eigenvalue weighted by Crippen LogP contribution is -2.37. The average Bonchev–Trinajstić information content (AvgIpc) is 3.11. The average molecular weight is 370 g/mol. The van der Waals surface area contributed by atoms with Gasteiger partial charge in [0.05, 0.1) is 12.7 Å². The first-order chi connectivity index (χ1) is 13.2. The van der Waals surface area contributed by atoms with Gasteiger partial charge in [-0.2, -0.15) is 0 Å². The van der Waals surface area contributed by atoms with Gasteiger partial charge in [-0.25, -0.2) is 0 Å². The highest BCUT2D eigenvalue weighted by Gasteiger charge is 2.24. The van der Waals surface area contributed by atoms with Crippen molar-refractivity contribution in [3.05, 3.63) is 47.9 Å². The van der Waals surface area contributed by atoms with Crippen LogP contribution in [0.5, 0.6) is 11.5 Å². The monoisotopic (exact) mass is 370 g/mol. The lowest BCUT2D eigenvalue weighted by molar-refractivity contribution is -0.130. The summed E-state index contributed by atoms with van der Waals surface area (Å²) in [6.07, 6.45) is 2.55. The van der Waals surface area contributed by atoms with E-state index >= 15 is 0 Å². The van der Waals surface area contributed by atoms with Crippen molar-refractivity contribution in [2.75, 3.05) is 39.4 Å². The van der Waals surface area contributed by atoms with Crippen LogP contribution in [-0.4, -0.2) is 61.0 Å². The van der Waals surface area contributed by atoms with E-state index in [1.165, 1.54) is 6.26 Å². The zero-order chi connectivity index (χ0) is 18.6. The Balaban J connectivity index is 1.36. The van der Waals surface area contributed by atoms with Gasteiger partial charge in [0.15, 0.2) is 17.3 Å². The second-order valence-electron chi connectivity index (χ2n) is 6.66. The number of benzene rings is 1. The summed E-state index contributed by atoms with van der Waals surface area (Å²) in [6.45, 7) is 3.36. The molecule has 2 amide bonds. The number of carbonyl (C=O) groups is 2. The Bertz CT molecular complexity index is 818. The number of fused-ring (bicyclic) bond motifs is 1. The Labute approximate surface area is 157 Å². The van der Waals surface area contributed by atoms with Gasteiger partial charge in [0.25, 0.3) is 5.91 Å². The molecule has 2 aliphatic heterocycles. The van der Waals surface area contributed by atoms with Gasteiger partial charge in [-0.05, 0) is 36.2 Å². The first kappa shape index (κ1) is 17.5. The van der Waals surface area contributed by atoms with E-state index in [1.54, 1.807) is 17.0 Å². The molecule has 142 valence electrons. The van der Waals surface area contributed by atoms with Crippen molar-refractivity contribution in [1.82, 2.24) is 9.80 Å². The first-order valence-corrected chi connectivity index (χ1v) is 9.20. The summed E-state index contributed by atoms with van der Waals surface area (Å²) in [5, 5.41) is 0. The molecule has 2 aromatic rings. The summed E-state index contributed by atoms with van der Waals surface area (Å²) >= 11 is 0. The number of nitrogens with zero attached hydrogens (tertiary/aromatic N) is 2. The number of rotatable bonds is 3. The summed E-state index contributed by atoms with van der Waals surface area (Å²) in [5.74, 6) is 1.68. The molecule has 1 saturated heterocycles. The van der Waals surface area contributed by atoms with Crippen LogP contribution < -0.4 is 9.47 Å². The van der Waals surface area contributed by atoms with Gasteiger partial charge in [0.1, 0.15) is 13.2 Å². The summed E-state index contributed by atoms with van der Waals surface area (Å²) in [6, 6.07) is 8.99. The summed E-state index contributed by atoms with van der Waals surface area (Å²) in [4.78, 5) is 28.7. The van der Waals surface area contributed by atoms with E-state index in [2.05, 4.69) is 0 Å². The van der Waals surface area contributed by atoms with Crippen LogP contribution in [0.25, 0.3) is 0 Å². The first-order valence-electron chi connectivity index (χ1n) is 9.20. The van der Waals surface area contributed by atoms with Crippen LogP contribution in [0.15, 0.2) is 41.0 Å². The maximum atomic E-state index is 12.7. The molecule has 3 heterocycles. The molecule has 0 bridgehead atoms. The Morgan fingerprint density at radius 1 is 0.926 bits per heavy atom. The van der Waals surface area contributed by atoms with Gasteiger partial charge in [0.2, 0.25) is 5.91 Å². The predicted octanol–water partition coefficient (Wildman–Crippen LogP) is 1.97. The third kappa shape index (κ3) is 3.92. The zero-order valence-electron chi connectivity index (χ0n) is 15.1. The van der Waals surface area contributed by atoms with Crippen LogP contribution in [0.4, 0.5) is 0 Å². The smallest absolute Gasteiger partial charge is 0.289 e. The Morgan fingerprint density at radius 2 is 1.70 bits per heavy atom. The molecule has 7 heteroatoms. The lowest BCUT2D eigenvalue weighted by Gasteiger charge is -2.22. The third-order valence-electron chi connectivity index (χ3n) is 4.83. The molecule has 0 spiro atoms. The van der Waals surface area contributed by atoms with E-state index in [0.717, 1.165) is 17.7 Å². The Morgan fingerprint density at radius 3 is 2.52 bits per heavy atom. The predicted molar refractivity (Wildman–Crippen MR) is 96.9 cm³/mol. The van der Waals surface area contributed by atoms with Crippen molar-refractivity contribution in [3.8, 4) is 11.5 Å². The molecule has 0 saturated carbocycles. The van der Waals surface area contributed by atoms with Crippen LogP contribution in [0.3, 0.4) is 0 Å².